The first kappa shape index (κ1) is 35.5. The maximum atomic E-state index is 13.9. The minimum Gasteiger partial charge on any atom is -0.382 e. The van der Waals surface area contributed by atoms with E-state index in [1.165, 1.54) is 25.0 Å². The molecule has 2 saturated heterocycles. The van der Waals surface area contributed by atoms with Crippen molar-refractivity contribution >= 4 is 34.1 Å². The number of nitrogens with zero attached hydrogens (tertiary/aromatic N) is 1. The molecule has 2 fully saturated rings. The standard InChI is InChI=1S/C15H21FN2O.C12H17FN2.C3H5ClO.CH4/c1-2-15(19)18(11-12-6-5-9-17-10-12)14-8-4-3-7-13(14)16;13-11-5-1-2-6-12(11)15-9-10-4-3-7-14-8-10;1-2-3(4)5;/h3-4,7-8,12,17H,2,5-6,9-11H2,1H3;1-2,5-6,10,14-15H,3-4,7-9H2;2H2,1H3;1H4. The van der Waals surface area contributed by atoms with Crippen LogP contribution in [0.3, 0.4) is 0 Å². The van der Waals surface area contributed by atoms with Gasteiger partial charge in [0.25, 0.3) is 0 Å². The minimum atomic E-state index is -0.326. The second kappa shape index (κ2) is 20.3. The summed E-state index contributed by atoms with van der Waals surface area (Å²) in [5, 5.41) is 9.58. The largest absolute Gasteiger partial charge is 0.382 e. The lowest BCUT2D eigenvalue weighted by Gasteiger charge is -2.30. The van der Waals surface area contributed by atoms with Gasteiger partial charge in [0.1, 0.15) is 11.6 Å². The van der Waals surface area contributed by atoms with E-state index in [1.807, 2.05) is 13.0 Å². The van der Waals surface area contributed by atoms with Crippen LogP contribution >= 0.6 is 11.6 Å². The predicted octanol–water partition coefficient (Wildman–Crippen LogP) is 6.60. The highest BCUT2D eigenvalue weighted by atomic mass is 35.5. The van der Waals surface area contributed by atoms with Gasteiger partial charge in [-0.25, -0.2) is 8.78 Å². The molecule has 0 saturated carbocycles. The molecule has 40 heavy (non-hydrogen) atoms. The highest BCUT2D eigenvalue weighted by Gasteiger charge is 2.23. The number of amides is 1. The van der Waals surface area contributed by atoms with Crippen molar-refractivity contribution in [2.24, 2.45) is 11.8 Å². The Balaban J connectivity index is 0.000000341. The number of para-hydroxylation sites is 2. The molecule has 2 unspecified atom stereocenters. The number of carbonyl (C=O) groups is 2. The zero-order valence-corrected chi connectivity index (χ0v) is 23.9. The molecule has 2 atom stereocenters. The van der Waals surface area contributed by atoms with Crippen molar-refractivity contribution in [1.82, 2.24) is 10.6 Å². The molecule has 0 radical (unpaired) electrons. The van der Waals surface area contributed by atoms with Crippen molar-refractivity contribution in [2.75, 3.05) is 49.5 Å². The summed E-state index contributed by atoms with van der Waals surface area (Å²) in [6, 6.07) is 13.3. The summed E-state index contributed by atoms with van der Waals surface area (Å²) in [5.74, 6) is 0.521. The number of halogens is 3. The van der Waals surface area contributed by atoms with Crippen LogP contribution in [0, 0.1) is 23.5 Å². The van der Waals surface area contributed by atoms with Gasteiger partial charge in [0.05, 0.1) is 11.4 Å². The first-order valence-corrected chi connectivity index (χ1v) is 14.4. The lowest BCUT2D eigenvalue weighted by Crippen LogP contribution is -2.41. The smallest absolute Gasteiger partial charge is 0.226 e. The van der Waals surface area contributed by atoms with Crippen LogP contribution in [-0.4, -0.2) is 50.4 Å². The SMILES string of the molecule is C.CCC(=O)Cl.CCC(=O)N(CC1CCCNC1)c1ccccc1F.Fc1ccccc1NCC1CCCNC1. The Morgan fingerprint density at radius 3 is 1.95 bits per heavy atom. The summed E-state index contributed by atoms with van der Waals surface area (Å²) >= 11 is 4.82. The van der Waals surface area contributed by atoms with E-state index in [1.54, 1.807) is 42.2 Å². The molecule has 0 aromatic heterocycles. The van der Waals surface area contributed by atoms with Crippen molar-refractivity contribution in [3.63, 3.8) is 0 Å². The number of nitrogens with one attached hydrogen (secondary N) is 3. The maximum Gasteiger partial charge on any atom is 0.226 e. The van der Waals surface area contributed by atoms with E-state index in [2.05, 4.69) is 16.0 Å². The van der Waals surface area contributed by atoms with Gasteiger partial charge < -0.3 is 20.9 Å². The molecule has 2 heterocycles. The topological polar surface area (TPSA) is 73.5 Å². The van der Waals surface area contributed by atoms with E-state index in [0.717, 1.165) is 45.6 Å². The summed E-state index contributed by atoms with van der Waals surface area (Å²) in [4.78, 5) is 23.3. The molecule has 6 nitrogen and oxygen atoms in total. The summed E-state index contributed by atoms with van der Waals surface area (Å²) in [5.41, 5.74) is 1.02. The molecule has 0 bridgehead atoms. The van der Waals surface area contributed by atoms with Crippen LogP contribution in [-0.2, 0) is 9.59 Å². The Labute approximate surface area is 244 Å². The van der Waals surface area contributed by atoms with E-state index in [9.17, 15) is 18.4 Å². The van der Waals surface area contributed by atoms with Gasteiger partial charge in [-0.1, -0.05) is 45.5 Å². The molecule has 2 aliphatic rings. The maximum absolute atomic E-state index is 13.9. The monoisotopic (exact) mass is 580 g/mol. The lowest BCUT2D eigenvalue weighted by molar-refractivity contribution is -0.118. The van der Waals surface area contributed by atoms with Gasteiger partial charge in [0.15, 0.2) is 0 Å². The number of anilines is 2. The fraction of sp³-hybridized carbons (Fsp3) is 0.548. The van der Waals surface area contributed by atoms with Crippen molar-refractivity contribution < 1.29 is 18.4 Å². The highest BCUT2D eigenvalue weighted by molar-refractivity contribution is 6.63. The molecular formula is C31H47ClF2N4O2. The Morgan fingerprint density at radius 1 is 0.900 bits per heavy atom. The predicted molar refractivity (Wildman–Crippen MR) is 163 cm³/mol. The number of carbonyl (C=O) groups excluding carboxylic acids is 2. The summed E-state index contributed by atoms with van der Waals surface area (Å²) < 4.78 is 27.1. The van der Waals surface area contributed by atoms with Crippen LogP contribution in [0.15, 0.2) is 48.5 Å². The molecule has 4 rings (SSSR count). The van der Waals surface area contributed by atoms with E-state index < -0.39 is 0 Å². The van der Waals surface area contributed by atoms with Crippen LogP contribution in [0.2, 0.25) is 0 Å². The Kier molecular flexibility index (Phi) is 18.0. The van der Waals surface area contributed by atoms with Crippen LogP contribution in [0.5, 0.6) is 0 Å². The van der Waals surface area contributed by atoms with Gasteiger partial charge in [0, 0.05) is 25.9 Å². The first-order chi connectivity index (χ1) is 18.8. The van der Waals surface area contributed by atoms with Crippen LogP contribution in [0.1, 0.15) is 59.8 Å². The van der Waals surface area contributed by atoms with Crippen molar-refractivity contribution in [2.45, 2.75) is 59.8 Å². The van der Waals surface area contributed by atoms with E-state index >= 15 is 0 Å². The first-order valence-electron chi connectivity index (χ1n) is 14.0. The average molecular weight is 581 g/mol. The fourth-order valence-corrected chi connectivity index (χ4v) is 4.49. The molecule has 9 heteroatoms. The average Bonchev–Trinajstić information content (AvgIpc) is 2.97. The normalized spacial score (nSPS) is 18.0. The summed E-state index contributed by atoms with van der Waals surface area (Å²) in [6.45, 7) is 9.09. The van der Waals surface area contributed by atoms with Gasteiger partial charge in [-0.2, -0.15) is 0 Å². The summed E-state index contributed by atoms with van der Waals surface area (Å²) in [6.07, 6.45) is 5.50. The number of hydrogen-bond acceptors (Lipinski definition) is 5. The van der Waals surface area contributed by atoms with Crippen molar-refractivity contribution in [1.29, 1.82) is 0 Å². The Hall–Kier alpha value is -2.55. The lowest BCUT2D eigenvalue weighted by atomic mass is 9.98. The molecule has 224 valence electrons. The minimum absolute atomic E-state index is 0. The number of rotatable bonds is 8. The number of piperidine rings is 2. The van der Waals surface area contributed by atoms with Crippen LogP contribution in [0.4, 0.5) is 20.2 Å². The Bertz CT molecular complexity index is 999. The zero-order chi connectivity index (χ0) is 28.5. The van der Waals surface area contributed by atoms with Gasteiger partial charge in [-0.05, 0) is 99.6 Å². The van der Waals surface area contributed by atoms with Crippen LogP contribution < -0.4 is 20.9 Å². The van der Waals surface area contributed by atoms with Gasteiger partial charge >= 0.3 is 0 Å². The second-order valence-electron chi connectivity index (χ2n) is 9.80. The van der Waals surface area contributed by atoms with Gasteiger partial charge in [-0.15, -0.1) is 0 Å². The zero-order valence-electron chi connectivity index (χ0n) is 23.2. The highest BCUT2D eigenvalue weighted by Crippen LogP contribution is 2.23. The molecule has 1 amide bonds. The van der Waals surface area contributed by atoms with Gasteiger partial charge in [-0.3, -0.25) is 9.59 Å². The molecular weight excluding hydrogens is 534 g/mol. The third kappa shape index (κ3) is 13.2. The molecule has 0 aliphatic carbocycles. The number of benzene rings is 2. The van der Waals surface area contributed by atoms with Crippen molar-refractivity contribution in [3.8, 4) is 0 Å². The van der Waals surface area contributed by atoms with E-state index in [0.29, 0.717) is 42.6 Å². The second-order valence-corrected chi connectivity index (χ2v) is 10.2. The molecule has 0 spiro atoms. The van der Waals surface area contributed by atoms with Crippen LogP contribution in [0.25, 0.3) is 0 Å². The van der Waals surface area contributed by atoms with E-state index in [-0.39, 0.29) is 30.2 Å². The van der Waals surface area contributed by atoms with Crippen molar-refractivity contribution in [3.05, 3.63) is 60.2 Å². The third-order valence-electron chi connectivity index (χ3n) is 6.72. The van der Waals surface area contributed by atoms with E-state index in [4.69, 9.17) is 11.6 Å². The molecule has 2 aliphatic heterocycles. The molecule has 2 aromatic rings. The quantitative estimate of drug-likeness (QED) is 0.307. The Morgan fingerprint density at radius 2 is 1.45 bits per heavy atom. The fourth-order valence-electron chi connectivity index (χ4n) is 4.49. The van der Waals surface area contributed by atoms with Gasteiger partial charge in [0.2, 0.25) is 11.1 Å². The summed E-state index contributed by atoms with van der Waals surface area (Å²) in [7, 11) is 0. The molecule has 2 aromatic carbocycles. The number of hydrogen-bond donors (Lipinski definition) is 3. The third-order valence-corrected chi connectivity index (χ3v) is 6.99. The molecule has 3 N–H and O–H groups in total.